The minimum Gasteiger partial charge on any atom is -0.338 e. The quantitative estimate of drug-likeness (QED) is 0.288. The lowest BCUT2D eigenvalue weighted by Crippen LogP contribution is -2.19. The number of aromatic amines is 2. The van der Waals surface area contributed by atoms with Gasteiger partial charge in [-0.3, -0.25) is 20.0 Å². The highest BCUT2D eigenvalue weighted by Gasteiger charge is 2.13. The van der Waals surface area contributed by atoms with E-state index >= 15 is 0 Å². The zero-order valence-electron chi connectivity index (χ0n) is 19.1. The lowest BCUT2D eigenvalue weighted by atomic mass is 10.2. The Balaban J connectivity index is 1.16. The number of hydrogen-bond donors (Lipinski definition) is 4. The summed E-state index contributed by atoms with van der Waals surface area (Å²) in [6.45, 7) is 1.93. The van der Waals surface area contributed by atoms with Crippen molar-refractivity contribution in [3.05, 3.63) is 85.3 Å². The van der Waals surface area contributed by atoms with Gasteiger partial charge in [-0.2, -0.15) is 5.10 Å². The van der Waals surface area contributed by atoms with Crippen molar-refractivity contribution in [2.45, 2.75) is 6.92 Å². The molecular weight excluding hydrogens is 456 g/mol. The molecule has 0 radical (unpaired) electrons. The van der Waals surface area contributed by atoms with E-state index in [1.165, 1.54) is 0 Å². The first-order valence-corrected chi connectivity index (χ1v) is 11.1. The van der Waals surface area contributed by atoms with Gasteiger partial charge in [0, 0.05) is 47.7 Å². The highest BCUT2D eigenvalue weighted by atomic mass is 16.2. The summed E-state index contributed by atoms with van der Waals surface area (Å²) in [5, 5.41) is 12.6. The number of aryl methyl sites for hydroxylation is 1. The molecule has 4 N–H and O–H groups in total. The van der Waals surface area contributed by atoms with Crippen molar-refractivity contribution in [2.75, 3.05) is 10.6 Å². The minimum atomic E-state index is -0.386. The number of hydrogen-bond acceptors (Lipinski definition) is 6. The molecular formula is C25H20N10O. The lowest BCUT2D eigenvalue weighted by Gasteiger charge is -2.06. The summed E-state index contributed by atoms with van der Waals surface area (Å²) in [5.41, 5.74) is 5.64. The van der Waals surface area contributed by atoms with Crippen LogP contribution in [0, 0.1) is 6.92 Å². The summed E-state index contributed by atoms with van der Waals surface area (Å²) >= 11 is 0. The molecule has 2 amide bonds. The highest BCUT2D eigenvalue weighted by Crippen LogP contribution is 2.25. The minimum absolute atomic E-state index is 0.386. The fraction of sp³-hybridized carbons (Fsp3) is 0.0400. The second kappa shape index (κ2) is 8.80. The molecule has 5 aromatic heterocycles. The van der Waals surface area contributed by atoms with Gasteiger partial charge in [0.05, 0.1) is 16.9 Å². The van der Waals surface area contributed by atoms with Gasteiger partial charge in [-0.1, -0.05) is 0 Å². The number of pyridine rings is 2. The van der Waals surface area contributed by atoms with Crippen LogP contribution in [0.25, 0.3) is 39.5 Å². The molecule has 0 saturated carbocycles. The molecule has 11 nitrogen and oxygen atoms in total. The van der Waals surface area contributed by atoms with Crippen molar-refractivity contribution in [1.82, 2.24) is 39.7 Å². The van der Waals surface area contributed by atoms with Crippen LogP contribution in [0.3, 0.4) is 0 Å². The van der Waals surface area contributed by atoms with E-state index in [2.05, 4.69) is 40.8 Å². The van der Waals surface area contributed by atoms with E-state index in [0.29, 0.717) is 28.8 Å². The van der Waals surface area contributed by atoms with Crippen LogP contribution in [-0.2, 0) is 0 Å². The van der Waals surface area contributed by atoms with E-state index in [1.54, 1.807) is 31.0 Å². The zero-order chi connectivity index (χ0) is 24.5. The Morgan fingerprint density at radius 2 is 1.78 bits per heavy atom. The molecule has 6 rings (SSSR count). The molecule has 1 aromatic carbocycles. The molecule has 0 aliphatic heterocycles. The Morgan fingerprint density at radius 1 is 0.944 bits per heavy atom. The molecule has 176 valence electrons. The number of rotatable bonds is 5. The molecule has 5 heterocycles. The summed E-state index contributed by atoms with van der Waals surface area (Å²) in [6, 6.07) is 14.4. The average Bonchev–Trinajstić information content (AvgIpc) is 3.64. The maximum absolute atomic E-state index is 12.5. The fourth-order valence-corrected chi connectivity index (χ4v) is 3.84. The van der Waals surface area contributed by atoms with Crippen LogP contribution in [0.2, 0.25) is 0 Å². The monoisotopic (exact) mass is 476 g/mol. The molecule has 0 aliphatic carbocycles. The van der Waals surface area contributed by atoms with E-state index in [-0.39, 0.29) is 6.03 Å². The molecule has 0 saturated heterocycles. The van der Waals surface area contributed by atoms with Gasteiger partial charge in [-0.15, -0.1) is 0 Å². The number of imidazole rings is 2. The summed E-state index contributed by atoms with van der Waals surface area (Å²) in [6.07, 6.45) is 8.75. The Morgan fingerprint density at radius 3 is 2.56 bits per heavy atom. The Labute approximate surface area is 204 Å². The Kier molecular flexibility index (Phi) is 5.19. The number of nitrogens with one attached hydrogen (secondary N) is 4. The van der Waals surface area contributed by atoms with Gasteiger partial charge in [0.2, 0.25) is 0 Å². The van der Waals surface area contributed by atoms with Crippen LogP contribution in [0.4, 0.5) is 16.3 Å². The summed E-state index contributed by atoms with van der Waals surface area (Å²) in [5.74, 6) is 1.89. The number of carbonyl (C=O) groups is 1. The number of urea groups is 1. The molecule has 0 unspecified atom stereocenters. The van der Waals surface area contributed by atoms with Crippen LogP contribution in [0.1, 0.15) is 5.69 Å². The van der Waals surface area contributed by atoms with Crippen molar-refractivity contribution >= 4 is 28.6 Å². The third-order valence-corrected chi connectivity index (χ3v) is 5.56. The van der Waals surface area contributed by atoms with Gasteiger partial charge in [0.1, 0.15) is 23.5 Å². The van der Waals surface area contributed by atoms with Crippen molar-refractivity contribution < 1.29 is 4.79 Å². The van der Waals surface area contributed by atoms with Crippen molar-refractivity contribution in [3.8, 4) is 28.5 Å². The number of anilines is 2. The Hall–Kier alpha value is -5.32. The molecule has 0 aliphatic rings. The Bertz CT molecular complexity index is 1660. The van der Waals surface area contributed by atoms with E-state index in [4.69, 9.17) is 4.98 Å². The van der Waals surface area contributed by atoms with Gasteiger partial charge in [-0.25, -0.2) is 19.7 Å². The topological polar surface area (TPSA) is 142 Å². The SMILES string of the molecule is Cc1cn(-c2nccc3[nH]c(-c4ccc(NC(=O)Nc5cc(-c6ccncc6)n[nH]5)cc4)nc23)cn1. The van der Waals surface area contributed by atoms with Gasteiger partial charge < -0.3 is 10.3 Å². The first-order chi connectivity index (χ1) is 17.6. The fourth-order valence-electron chi connectivity index (χ4n) is 3.84. The van der Waals surface area contributed by atoms with Gasteiger partial charge in [0.25, 0.3) is 0 Å². The van der Waals surface area contributed by atoms with E-state index in [1.807, 2.05) is 60.2 Å². The van der Waals surface area contributed by atoms with Crippen LogP contribution >= 0.6 is 0 Å². The number of nitrogens with zero attached hydrogens (tertiary/aromatic N) is 6. The molecule has 0 atom stereocenters. The second-order valence-corrected chi connectivity index (χ2v) is 8.10. The van der Waals surface area contributed by atoms with Gasteiger partial charge in [-0.05, 0) is 49.4 Å². The average molecular weight is 477 g/mol. The first-order valence-electron chi connectivity index (χ1n) is 11.1. The standard InChI is InChI=1S/C25H20N10O/c1-15-13-35(14-28-15)24-22-19(8-11-27-24)30-23(32-22)17-2-4-18(5-3-17)29-25(36)31-21-12-20(33-34-21)16-6-9-26-10-7-16/h2-14H,1H3,(H,30,32)(H3,29,31,33,34,36). The third-order valence-electron chi connectivity index (χ3n) is 5.56. The lowest BCUT2D eigenvalue weighted by molar-refractivity contribution is 0.262. The van der Waals surface area contributed by atoms with E-state index in [9.17, 15) is 4.79 Å². The second-order valence-electron chi connectivity index (χ2n) is 8.10. The summed E-state index contributed by atoms with van der Waals surface area (Å²) < 4.78 is 1.85. The van der Waals surface area contributed by atoms with Crippen LogP contribution in [-0.4, -0.2) is 45.7 Å². The van der Waals surface area contributed by atoms with Crippen LogP contribution in [0.5, 0.6) is 0 Å². The molecule has 0 bridgehead atoms. The van der Waals surface area contributed by atoms with Gasteiger partial charge >= 0.3 is 6.03 Å². The third kappa shape index (κ3) is 4.16. The summed E-state index contributed by atoms with van der Waals surface area (Å²) in [4.78, 5) is 33.3. The molecule has 6 aromatic rings. The van der Waals surface area contributed by atoms with Crippen molar-refractivity contribution in [1.29, 1.82) is 0 Å². The predicted molar refractivity (Wildman–Crippen MR) is 136 cm³/mol. The molecule has 0 fully saturated rings. The van der Waals surface area contributed by atoms with Gasteiger partial charge in [0.15, 0.2) is 5.82 Å². The van der Waals surface area contributed by atoms with E-state index in [0.717, 1.165) is 27.9 Å². The van der Waals surface area contributed by atoms with E-state index < -0.39 is 0 Å². The summed E-state index contributed by atoms with van der Waals surface area (Å²) in [7, 11) is 0. The normalized spacial score (nSPS) is 11.0. The zero-order valence-corrected chi connectivity index (χ0v) is 19.1. The highest BCUT2D eigenvalue weighted by molar-refractivity contribution is 5.99. The number of aromatic nitrogens is 8. The van der Waals surface area contributed by atoms with Crippen molar-refractivity contribution in [2.24, 2.45) is 0 Å². The maximum Gasteiger partial charge on any atom is 0.324 e. The number of fused-ring (bicyclic) bond motifs is 1. The molecule has 36 heavy (non-hydrogen) atoms. The first kappa shape index (κ1) is 21.2. The van der Waals surface area contributed by atoms with Crippen molar-refractivity contribution in [3.63, 3.8) is 0 Å². The number of carbonyl (C=O) groups excluding carboxylic acids is 1. The predicted octanol–water partition coefficient (Wildman–Crippen LogP) is 4.55. The largest absolute Gasteiger partial charge is 0.338 e. The number of amides is 2. The molecule has 11 heteroatoms. The van der Waals surface area contributed by atoms with Crippen LogP contribution < -0.4 is 10.6 Å². The number of benzene rings is 1. The maximum atomic E-state index is 12.5. The number of H-pyrrole nitrogens is 2. The smallest absolute Gasteiger partial charge is 0.324 e. The van der Waals surface area contributed by atoms with Crippen LogP contribution in [0.15, 0.2) is 79.6 Å². The molecule has 0 spiro atoms.